The van der Waals surface area contributed by atoms with Crippen molar-refractivity contribution in [3.05, 3.63) is 94.5 Å². The molecule has 0 aliphatic carbocycles. The number of nitrogens with one attached hydrogen (secondary N) is 3. The zero-order valence-corrected chi connectivity index (χ0v) is 22.0. The van der Waals surface area contributed by atoms with Gasteiger partial charge in [-0.2, -0.15) is 9.97 Å². The van der Waals surface area contributed by atoms with Crippen LogP contribution in [0.2, 0.25) is 10.0 Å². The van der Waals surface area contributed by atoms with Crippen LogP contribution in [0, 0.1) is 5.92 Å². The minimum atomic E-state index is 0.184. The molecule has 188 valence electrons. The highest BCUT2D eigenvalue weighted by Crippen LogP contribution is 2.18. The summed E-state index contributed by atoms with van der Waals surface area (Å²) in [6.07, 6.45) is 6.32. The Morgan fingerprint density at radius 3 is 2.47 bits per heavy atom. The van der Waals surface area contributed by atoms with E-state index in [4.69, 9.17) is 33.2 Å². The van der Waals surface area contributed by atoms with E-state index in [0.29, 0.717) is 23.4 Å². The van der Waals surface area contributed by atoms with E-state index < -0.39 is 0 Å². The summed E-state index contributed by atoms with van der Waals surface area (Å²) in [6.45, 7) is 6.57. The van der Waals surface area contributed by atoms with Crippen molar-refractivity contribution in [2.75, 3.05) is 17.2 Å². The van der Waals surface area contributed by atoms with Crippen LogP contribution in [0.25, 0.3) is 5.82 Å². The third kappa shape index (κ3) is 7.95. The summed E-state index contributed by atoms with van der Waals surface area (Å²) in [4.78, 5) is 13.6. The molecule has 7 nitrogen and oxygen atoms in total. The molecule has 0 bridgehead atoms. The maximum absolute atomic E-state index is 6.14. The van der Waals surface area contributed by atoms with Gasteiger partial charge in [0.05, 0.1) is 0 Å². The first kappa shape index (κ1) is 25.9. The Hall–Kier alpha value is -3.13. The normalized spacial score (nSPS) is 12.0. The minimum absolute atomic E-state index is 0.184. The van der Waals surface area contributed by atoms with Crippen molar-refractivity contribution in [3.8, 4) is 5.82 Å². The Morgan fingerprint density at radius 2 is 1.75 bits per heavy atom. The van der Waals surface area contributed by atoms with Gasteiger partial charge in [-0.15, -0.1) is 0 Å². The van der Waals surface area contributed by atoms with Gasteiger partial charge in [0.2, 0.25) is 5.95 Å². The molecule has 0 spiro atoms. The van der Waals surface area contributed by atoms with Gasteiger partial charge in [-0.25, -0.2) is 4.98 Å². The number of anilines is 2. The van der Waals surface area contributed by atoms with Crippen LogP contribution >= 0.6 is 23.2 Å². The van der Waals surface area contributed by atoms with E-state index in [2.05, 4.69) is 34.8 Å². The predicted molar refractivity (Wildman–Crippen MR) is 148 cm³/mol. The molecule has 0 unspecified atom stereocenters. The predicted octanol–water partition coefficient (Wildman–Crippen LogP) is 6.20. The standard InChI is InChI=1S/C27H31Cl2N7/c1-19(2)12-24(17-31-15-20-6-8-22(28)9-7-20)33-25-14-26(36-11-10-30-18-36)35-27(34-25)32-16-21-4-3-5-23(29)13-21/h3-11,13-14,18-19,24,31H,12,15-17H2,1-2H3,(H2,32,33,34,35)/t24-/m1/s1. The molecule has 2 aromatic carbocycles. The lowest BCUT2D eigenvalue weighted by Gasteiger charge is -2.22. The highest BCUT2D eigenvalue weighted by Gasteiger charge is 2.14. The van der Waals surface area contributed by atoms with E-state index in [0.717, 1.165) is 41.7 Å². The molecule has 0 aliphatic heterocycles. The lowest BCUT2D eigenvalue weighted by molar-refractivity contribution is 0.487. The molecule has 4 aromatic rings. The van der Waals surface area contributed by atoms with E-state index in [-0.39, 0.29) is 6.04 Å². The van der Waals surface area contributed by atoms with Crippen molar-refractivity contribution in [1.82, 2.24) is 24.8 Å². The third-order valence-corrected chi connectivity index (χ3v) is 6.05. The van der Waals surface area contributed by atoms with Gasteiger partial charge < -0.3 is 16.0 Å². The van der Waals surface area contributed by atoms with Crippen LogP contribution in [0.15, 0.2) is 73.3 Å². The molecule has 2 aromatic heterocycles. The van der Waals surface area contributed by atoms with Crippen LogP contribution in [-0.2, 0) is 13.1 Å². The van der Waals surface area contributed by atoms with E-state index in [9.17, 15) is 0 Å². The van der Waals surface area contributed by atoms with Gasteiger partial charge in [0.15, 0.2) is 0 Å². The van der Waals surface area contributed by atoms with Crippen LogP contribution in [0.5, 0.6) is 0 Å². The molecule has 2 heterocycles. The number of imidazole rings is 1. The fraction of sp³-hybridized carbons (Fsp3) is 0.296. The molecule has 0 saturated heterocycles. The summed E-state index contributed by atoms with van der Waals surface area (Å²) in [5.41, 5.74) is 2.25. The van der Waals surface area contributed by atoms with Crippen LogP contribution in [-0.4, -0.2) is 32.1 Å². The van der Waals surface area contributed by atoms with Gasteiger partial charge in [-0.3, -0.25) is 4.57 Å². The van der Waals surface area contributed by atoms with Gasteiger partial charge in [0.25, 0.3) is 0 Å². The molecule has 0 radical (unpaired) electrons. The number of hydrogen-bond donors (Lipinski definition) is 3. The molecule has 0 fully saturated rings. The summed E-state index contributed by atoms with van der Waals surface area (Å²) < 4.78 is 1.87. The molecule has 0 aliphatic rings. The van der Waals surface area contributed by atoms with E-state index >= 15 is 0 Å². The molecular formula is C27H31Cl2N7. The Balaban J connectivity index is 1.48. The summed E-state index contributed by atoms with van der Waals surface area (Å²) in [6, 6.07) is 17.8. The number of hydrogen-bond acceptors (Lipinski definition) is 6. The summed E-state index contributed by atoms with van der Waals surface area (Å²) in [5.74, 6) is 2.54. The van der Waals surface area contributed by atoms with Gasteiger partial charge in [0.1, 0.15) is 18.0 Å². The molecule has 0 saturated carbocycles. The van der Waals surface area contributed by atoms with Crippen molar-refractivity contribution >= 4 is 35.0 Å². The lowest BCUT2D eigenvalue weighted by atomic mass is 10.0. The second-order valence-electron chi connectivity index (χ2n) is 9.12. The fourth-order valence-electron chi connectivity index (χ4n) is 3.91. The minimum Gasteiger partial charge on any atom is -0.366 e. The Labute approximate surface area is 222 Å². The van der Waals surface area contributed by atoms with E-state index in [1.54, 1.807) is 12.5 Å². The third-order valence-electron chi connectivity index (χ3n) is 5.56. The topological polar surface area (TPSA) is 79.7 Å². The summed E-state index contributed by atoms with van der Waals surface area (Å²) in [5, 5.41) is 12.0. The zero-order chi connectivity index (χ0) is 25.3. The van der Waals surface area contributed by atoms with E-state index in [1.165, 1.54) is 5.56 Å². The van der Waals surface area contributed by atoms with Gasteiger partial charge >= 0.3 is 0 Å². The van der Waals surface area contributed by atoms with Crippen LogP contribution in [0.1, 0.15) is 31.4 Å². The van der Waals surface area contributed by atoms with Crippen LogP contribution < -0.4 is 16.0 Å². The zero-order valence-electron chi connectivity index (χ0n) is 20.5. The summed E-state index contributed by atoms with van der Waals surface area (Å²) in [7, 11) is 0. The number of halogens is 2. The average molecular weight is 525 g/mol. The lowest BCUT2D eigenvalue weighted by Crippen LogP contribution is -2.34. The highest BCUT2D eigenvalue weighted by atomic mass is 35.5. The van der Waals surface area contributed by atoms with Crippen LogP contribution in [0.4, 0.5) is 11.8 Å². The molecular weight excluding hydrogens is 493 g/mol. The number of aromatic nitrogens is 4. The van der Waals surface area contributed by atoms with Crippen LogP contribution in [0.3, 0.4) is 0 Å². The highest BCUT2D eigenvalue weighted by molar-refractivity contribution is 6.30. The maximum Gasteiger partial charge on any atom is 0.226 e. The number of benzene rings is 2. The molecule has 1 atom stereocenters. The molecule has 9 heteroatoms. The maximum atomic E-state index is 6.14. The Kier molecular flexibility index (Phi) is 9.17. The molecule has 36 heavy (non-hydrogen) atoms. The van der Waals surface area contributed by atoms with Crippen molar-refractivity contribution < 1.29 is 0 Å². The first-order valence-electron chi connectivity index (χ1n) is 12.0. The second-order valence-corrected chi connectivity index (χ2v) is 9.99. The number of rotatable bonds is 12. The van der Waals surface area contributed by atoms with Gasteiger partial charge in [-0.05, 0) is 47.7 Å². The summed E-state index contributed by atoms with van der Waals surface area (Å²) >= 11 is 12.2. The molecule has 4 rings (SSSR count). The average Bonchev–Trinajstić information content (AvgIpc) is 3.39. The largest absolute Gasteiger partial charge is 0.366 e. The van der Waals surface area contributed by atoms with Crippen molar-refractivity contribution in [1.29, 1.82) is 0 Å². The second kappa shape index (κ2) is 12.7. The Bertz CT molecular complexity index is 1230. The number of nitrogens with zero attached hydrogens (tertiary/aromatic N) is 4. The van der Waals surface area contributed by atoms with Gasteiger partial charge in [0, 0.05) is 54.2 Å². The fourth-order valence-corrected chi connectivity index (χ4v) is 4.25. The van der Waals surface area contributed by atoms with Crippen molar-refractivity contribution in [2.45, 2.75) is 39.4 Å². The van der Waals surface area contributed by atoms with Crippen molar-refractivity contribution in [2.24, 2.45) is 5.92 Å². The molecule has 0 amide bonds. The molecule has 3 N–H and O–H groups in total. The smallest absolute Gasteiger partial charge is 0.226 e. The van der Waals surface area contributed by atoms with Crippen molar-refractivity contribution in [3.63, 3.8) is 0 Å². The van der Waals surface area contributed by atoms with E-state index in [1.807, 2.05) is 65.4 Å². The monoisotopic (exact) mass is 523 g/mol. The first-order valence-corrected chi connectivity index (χ1v) is 12.8. The quantitative estimate of drug-likeness (QED) is 0.205. The Morgan fingerprint density at radius 1 is 0.917 bits per heavy atom. The SMILES string of the molecule is CC(C)C[C@H](CNCc1ccc(Cl)cc1)Nc1cc(-n2ccnc2)nc(NCc2cccc(Cl)c2)n1. The van der Waals surface area contributed by atoms with Gasteiger partial charge in [-0.1, -0.05) is 61.3 Å². The first-order chi connectivity index (χ1) is 17.4.